The lowest BCUT2D eigenvalue weighted by molar-refractivity contribution is 0.528. The van der Waals surface area contributed by atoms with Gasteiger partial charge in [0, 0.05) is 9.50 Å². The molecule has 0 aliphatic heterocycles. The predicted octanol–water partition coefficient (Wildman–Crippen LogP) is 4.30. The van der Waals surface area contributed by atoms with Gasteiger partial charge in [0.2, 0.25) is 0 Å². The fraction of sp³-hybridized carbons (Fsp3) is 0.200. The van der Waals surface area contributed by atoms with Crippen molar-refractivity contribution in [1.82, 2.24) is 5.43 Å². The van der Waals surface area contributed by atoms with Crippen molar-refractivity contribution in [1.29, 1.82) is 0 Å². The molecule has 1 unspecified atom stereocenters. The van der Waals surface area contributed by atoms with E-state index in [0.717, 1.165) is 15.6 Å². The molecule has 0 aliphatic carbocycles. The van der Waals surface area contributed by atoms with Gasteiger partial charge in [-0.25, -0.2) is 4.39 Å². The highest BCUT2D eigenvalue weighted by molar-refractivity contribution is 9.10. The average molecular weight is 358 g/mol. The molecule has 2 rings (SSSR count). The largest absolute Gasteiger partial charge is 0.271 e. The van der Waals surface area contributed by atoms with E-state index in [-0.39, 0.29) is 11.9 Å². The number of nitrogens with one attached hydrogen (secondary N) is 1. The molecule has 2 nitrogen and oxygen atoms in total. The Labute approximate surface area is 131 Å². The molecule has 0 aliphatic rings. The van der Waals surface area contributed by atoms with Crippen molar-refractivity contribution >= 4 is 27.5 Å². The van der Waals surface area contributed by atoms with Gasteiger partial charge in [-0.15, -0.1) is 0 Å². The van der Waals surface area contributed by atoms with Crippen molar-refractivity contribution < 1.29 is 4.39 Å². The Hall–Kier alpha value is -0.940. The highest BCUT2D eigenvalue weighted by Crippen LogP contribution is 2.25. The topological polar surface area (TPSA) is 38.0 Å². The van der Waals surface area contributed by atoms with Crippen molar-refractivity contribution in [2.75, 3.05) is 0 Å². The SMILES string of the molecule is Cc1cc(Cl)cc(C(Cc2ccc(Br)cc2F)NN)c1. The lowest BCUT2D eigenvalue weighted by Gasteiger charge is -2.18. The lowest BCUT2D eigenvalue weighted by atomic mass is 9.98. The molecule has 3 N–H and O–H groups in total. The maximum atomic E-state index is 13.9. The van der Waals surface area contributed by atoms with E-state index < -0.39 is 0 Å². The molecule has 0 fully saturated rings. The van der Waals surface area contributed by atoms with Crippen LogP contribution in [0.2, 0.25) is 5.02 Å². The number of benzene rings is 2. The molecule has 0 amide bonds. The molecule has 2 aromatic rings. The van der Waals surface area contributed by atoms with Crippen molar-refractivity contribution in [3.05, 3.63) is 68.4 Å². The summed E-state index contributed by atoms with van der Waals surface area (Å²) >= 11 is 9.30. The molecular formula is C15H15BrClFN2. The maximum Gasteiger partial charge on any atom is 0.127 e. The third-order valence-electron chi connectivity index (χ3n) is 3.11. The van der Waals surface area contributed by atoms with Crippen LogP contribution in [-0.2, 0) is 6.42 Å². The first-order valence-corrected chi connectivity index (χ1v) is 7.34. The second-order valence-electron chi connectivity index (χ2n) is 4.72. The first-order valence-electron chi connectivity index (χ1n) is 6.16. The van der Waals surface area contributed by atoms with E-state index >= 15 is 0 Å². The number of halogens is 3. The van der Waals surface area contributed by atoms with Crippen molar-refractivity contribution in [2.45, 2.75) is 19.4 Å². The van der Waals surface area contributed by atoms with E-state index in [0.29, 0.717) is 17.0 Å². The van der Waals surface area contributed by atoms with E-state index in [2.05, 4.69) is 21.4 Å². The first kappa shape index (κ1) is 15.4. The van der Waals surface area contributed by atoms with Gasteiger partial charge in [-0.2, -0.15) is 0 Å². The van der Waals surface area contributed by atoms with Gasteiger partial charge in [-0.1, -0.05) is 39.7 Å². The Morgan fingerprint density at radius 1 is 1.30 bits per heavy atom. The molecule has 20 heavy (non-hydrogen) atoms. The molecule has 0 spiro atoms. The van der Waals surface area contributed by atoms with Gasteiger partial charge in [0.1, 0.15) is 5.82 Å². The van der Waals surface area contributed by atoms with Crippen molar-refractivity contribution in [3.63, 3.8) is 0 Å². The van der Waals surface area contributed by atoms with Gasteiger partial charge in [-0.3, -0.25) is 11.3 Å². The van der Waals surface area contributed by atoms with Crippen LogP contribution in [0, 0.1) is 12.7 Å². The Bertz CT molecular complexity index is 599. The Balaban J connectivity index is 2.28. The molecule has 0 saturated carbocycles. The summed E-state index contributed by atoms with van der Waals surface area (Å²) in [5.74, 6) is 5.36. The van der Waals surface area contributed by atoms with Crippen LogP contribution in [0.15, 0.2) is 40.9 Å². The molecule has 1 atom stereocenters. The molecule has 0 saturated heterocycles. The highest BCUT2D eigenvalue weighted by atomic mass is 79.9. The molecule has 0 radical (unpaired) electrons. The van der Waals surface area contributed by atoms with Gasteiger partial charge >= 0.3 is 0 Å². The lowest BCUT2D eigenvalue weighted by Crippen LogP contribution is -2.29. The van der Waals surface area contributed by atoms with E-state index in [4.69, 9.17) is 17.4 Å². The molecule has 106 valence electrons. The summed E-state index contributed by atoms with van der Waals surface area (Å²) in [6.45, 7) is 1.96. The normalized spacial score (nSPS) is 12.4. The van der Waals surface area contributed by atoms with Gasteiger partial charge in [-0.05, 0) is 54.3 Å². The second kappa shape index (κ2) is 6.68. The third-order valence-corrected chi connectivity index (χ3v) is 3.82. The van der Waals surface area contributed by atoms with Crippen molar-refractivity contribution in [2.24, 2.45) is 5.84 Å². The zero-order valence-corrected chi connectivity index (χ0v) is 13.3. The van der Waals surface area contributed by atoms with Crippen LogP contribution in [0.5, 0.6) is 0 Å². The van der Waals surface area contributed by atoms with Crippen LogP contribution < -0.4 is 11.3 Å². The summed E-state index contributed by atoms with van der Waals surface area (Å²) in [6.07, 6.45) is 0.454. The Kier molecular flexibility index (Phi) is 5.16. The fourth-order valence-electron chi connectivity index (χ4n) is 2.15. The predicted molar refractivity (Wildman–Crippen MR) is 84.1 cm³/mol. The number of rotatable bonds is 4. The van der Waals surface area contributed by atoms with Crippen LogP contribution >= 0.6 is 27.5 Å². The Morgan fingerprint density at radius 3 is 2.65 bits per heavy atom. The van der Waals surface area contributed by atoms with Crippen LogP contribution in [0.1, 0.15) is 22.7 Å². The van der Waals surface area contributed by atoms with Crippen LogP contribution in [0.25, 0.3) is 0 Å². The molecule has 5 heteroatoms. The summed E-state index contributed by atoms with van der Waals surface area (Å²) in [5.41, 5.74) is 5.32. The Morgan fingerprint density at radius 2 is 2.05 bits per heavy atom. The zero-order valence-electron chi connectivity index (χ0n) is 11.0. The average Bonchev–Trinajstić information content (AvgIpc) is 2.36. The minimum atomic E-state index is -0.252. The first-order chi connectivity index (χ1) is 9.49. The van der Waals surface area contributed by atoms with E-state index in [1.165, 1.54) is 6.07 Å². The van der Waals surface area contributed by atoms with Crippen LogP contribution in [0.3, 0.4) is 0 Å². The maximum absolute atomic E-state index is 13.9. The van der Waals surface area contributed by atoms with Gasteiger partial charge in [0.25, 0.3) is 0 Å². The van der Waals surface area contributed by atoms with Gasteiger partial charge in [0.15, 0.2) is 0 Å². The quantitative estimate of drug-likeness (QED) is 0.632. The fourth-order valence-corrected chi connectivity index (χ4v) is 2.78. The molecule has 0 heterocycles. The number of hydrogen-bond donors (Lipinski definition) is 2. The summed E-state index contributed by atoms with van der Waals surface area (Å²) in [6, 6.07) is 10.5. The number of aryl methyl sites for hydroxylation is 1. The van der Waals surface area contributed by atoms with Gasteiger partial charge < -0.3 is 0 Å². The van der Waals surface area contributed by atoms with E-state index in [1.54, 1.807) is 6.07 Å². The molecular weight excluding hydrogens is 343 g/mol. The monoisotopic (exact) mass is 356 g/mol. The van der Waals surface area contributed by atoms with E-state index in [9.17, 15) is 4.39 Å². The van der Waals surface area contributed by atoms with Gasteiger partial charge in [0.05, 0.1) is 6.04 Å². The summed E-state index contributed by atoms with van der Waals surface area (Å²) < 4.78 is 14.6. The standard InChI is InChI=1S/C15H15BrClFN2/c1-9-4-11(6-13(17)5-9)15(20-19)7-10-2-3-12(16)8-14(10)18/h2-6,8,15,20H,7,19H2,1H3. The summed E-state index contributed by atoms with van der Waals surface area (Å²) in [5, 5.41) is 0.650. The molecule has 0 aromatic heterocycles. The van der Waals surface area contributed by atoms with Crippen LogP contribution in [-0.4, -0.2) is 0 Å². The summed E-state index contributed by atoms with van der Waals surface area (Å²) in [7, 11) is 0. The zero-order chi connectivity index (χ0) is 14.7. The summed E-state index contributed by atoms with van der Waals surface area (Å²) in [4.78, 5) is 0. The number of hydrazine groups is 1. The smallest absolute Gasteiger partial charge is 0.127 e. The minimum absolute atomic E-state index is 0.192. The highest BCUT2D eigenvalue weighted by Gasteiger charge is 2.14. The number of nitrogens with two attached hydrogens (primary N) is 1. The molecule has 2 aromatic carbocycles. The number of hydrogen-bond acceptors (Lipinski definition) is 2. The molecule has 0 bridgehead atoms. The minimum Gasteiger partial charge on any atom is -0.271 e. The van der Waals surface area contributed by atoms with E-state index in [1.807, 2.05) is 31.2 Å². The third kappa shape index (κ3) is 3.79. The van der Waals surface area contributed by atoms with Crippen molar-refractivity contribution in [3.8, 4) is 0 Å². The van der Waals surface area contributed by atoms with Crippen LogP contribution in [0.4, 0.5) is 4.39 Å². The second-order valence-corrected chi connectivity index (χ2v) is 6.07.